The van der Waals surface area contributed by atoms with Crippen molar-refractivity contribution in [2.24, 2.45) is 11.8 Å². The van der Waals surface area contributed by atoms with Crippen LogP contribution in [0.1, 0.15) is 176 Å². The Labute approximate surface area is 470 Å². The highest BCUT2D eigenvalue weighted by molar-refractivity contribution is 5.89. The summed E-state index contributed by atoms with van der Waals surface area (Å²) >= 11 is 0. The van der Waals surface area contributed by atoms with Crippen LogP contribution < -0.4 is 14.8 Å². The summed E-state index contributed by atoms with van der Waals surface area (Å²) in [5, 5.41) is 39.3. The Morgan fingerprint density at radius 2 is 0.850 bits per heavy atom. The van der Waals surface area contributed by atoms with Crippen LogP contribution in [0.5, 0.6) is 11.5 Å². The van der Waals surface area contributed by atoms with E-state index in [1.54, 1.807) is 24.3 Å². The van der Waals surface area contributed by atoms with Gasteiger partial charge in [-0.05, 0) is 95.2 Å². The zero-order valence-corrected chi connectivity index (χ0v) is 46.9. The van der Waals surface area contributed by atoms with Crippen LogP contribution in [0.15, 0.2) is 48.5 Å². The molecule has 80 heavy (non-hydrogen) atoms. The maximum absolute atomic E-state index is 12.4. The summed E-state index contributed by atoms with van der Waals surface area (Å²) < 4.78 is 32.3. The number of carboxylic acid groups (broad SMARTS) is 4. The van der Waals surface area contributed by atoms with Crippen molar-refractivity contribution in [3.05, 3.63) is 59.7 Å². The molecule has 0 fully saturated rings. The molecule has 21 heteroatoms. The van der Waals surface area contributed by atoms with E-state index in [1.165, 1.54) is 38.1 Å². The summed E-state index contributed by atoms with van der Waals surface area (Å²) in [6.45, 7) is 5.97. The van der Waals surface area contributed by atoms with Crippen LogP contribution in [-0.4, -0.2) is 152 Å². The van der Waals surface area contributed by atoms with Crippen molar-refractivity contribution >= 4 is 58.7 Å². The van der Waals surface area contributed by atoms with Gasteiger partial charge in [-0.1, -0.05) is 63.5 Å². The van der Waals surface area contributed by atoms with Gasteiger partial charge in [-0.2, -0.15) is 0 Å². The van der Waals surface area contributed by atoms with E-state index in [-0.39, 0.29) is 124 Å². The molecule has 2 rings (SSSR count). The maximum atomic E-state index is 12.4. The van der Waals surface area contributed by atoms with Crippen molar-refractivity contribution in [3.63, 3.8) is 0 Å². The highest BCUT2D eigenvalue weighted by Gasteiger charge is 2.23. The quantitative estimate of drug-likeness (QED) is 0.0387. The molecule has 0 saturated carbocycles. The average Bonchev–Trinajstić information content (AvgIpc) is 3.42. The Kier molecular flexibility index (Phi) is 41.5. The van der Waals surface area contributed by atoms with Crippen molar-refractivity contribution in [1.82, 2.24) is 5.32 Å². The molecule has 2 aromatic carbocycles. The van der Waals surface area contributed by atoms with Crippen molar-refractivity contribution < 1.29 is 96.8 Å². The molecule has 448 valence electrons. The first kappa shape index (κ1) is 71.6. The van der Waals surface area contributed by atoms with Gasteiger partial charge >= 0.3 is 23.9 Å². The van der Waals surface area contributed by atoms with Gasteiger partial charge in [0.15, 0.2) is 11.6 Å². The zero-order chi connectivity index (χ0) is 59.2. The van der Waals surface area contributed by atoms with E-state index >= 15 is 0 Å². The number of carbonyl (C=O) groups is 10. The van der Waals surface area contributed by atoms with Gasteiger partial charge in [0, 0.05) is 58.1 Å². The van der Waals surface area contributed by atoms with Gasteiger partial charge in [-0.3, -0.25) is 33.6 Å². The lowest BCUT2D eigenvalue weighted by molar-refractivity contribution is -0.144. The minimum Gasteiger partial charge on any atom is -0.494 e. The Balaban J connectivity index is 0.000000907. The van der Waals surface area contributed by atoms with Crippen LogP contribution in [0.2, 0.25) is 0 Å². The van der Waals surface area contributed by atoms with Gasteiger partial charge in [0.05, 0.1) is 69.2 Å². The van der Waals surface area contributed by atoms with Gasteiger partial charge in [0.1, 0.15) is 42.1 Å². The Hall–Kier alpha value is -6.42. The van der Waals surface area contributed by atoms with E-state index in [1.807, 2.05) is 0 Å². The first-order valence-corrected chi connectivity index (χ1v) is 27.9. The second kappa shape index (κ2) is 46.3. The molecule has 1 amide bonds. The van der Waals surface area contributed by atoms with Crippen molar-refractivity contribution in [2.75, 3.05) is 72.6 Å². The number of rotatable bonds is 51. The number of carboxylic acids is 4. The number of carbonyl (C=O) groups excluding carboxylic acids is 6. The second-order valence-electron chi connectivity index (χ2n) is 19.5. The number of unbranched alkanes of at least 4 members (excludes halogenated alkanes) is 10. The number of nitrogens with one attached hydrogen (secondary N) is 1. The summed E-state index contributed by atoms with van der Waals surface area (Å²) in [5.41, 5.74) is 0.389. The largest absolute Gasteiger partial charge is 0.494 e. The van der Waals surface area contributed by atoms with E-state index < -0.39 is 35.7 Å². The van der Waals surface area contributed by atoms with Crippen LogP contribution in [0.3, 0.4) is 0 Å². The van der Waals surface area contributed by atoms with Gasteiger partial charge < -0.3 is 59.0 Å². The minimum absolute atomic E-state index is 0.00301. The number of aliphatic carboxylic acids is 2. The van der Waals surface area contributed by atoms with Gasteiger partial charge in [0.25, 0.3) is 0 Å². The predicted octanol–water partition coefficient (Wildman–Crippen LogP) is 8.58. The van der Waals surface area contributed by atoms with E-state index in [9.17, 15) is 53.1 Å². The number of ketones is 5. The molecule has 0 heterocycles. The number of hydrogen-bond acceptors (Lipinski definition) is 16. The highest BCUT2D eigenvalue weighted by atomic mass is 16.5. The molecule has 0 aliphatic heterocycles. The van der Waals surface area contributed by atoms with Gasteiger partial charge in [-0.15, -0.1) is 0 Å². The SMILES string of the molecule is CC(=O)CCC(CC(=O)CCCCCCCCOc1cccc(C(=O)O)c1)C(=O)O.CC(=O)COCCOCCCC(=O)COCCOCCNC(=O)CC[C@H](CC(=O)CCCCCCCCOc1cccc(C(=O)O)c1)C(=O)O. The van der Waals surface area contributed by atoms with Crippen LogP contribution in [0.4, 0.5) is 0 Å². The molecule has 0 radical (unpaired) electrons. The summed E-state index contributed by atoms with van der Waals surface area (Å²) in [6, 6.07) is 12.8. The molecule has 0 aliphatic carbocycles. The van der Waals surface area contributed by atoms with Crippen molar-refractivity contribution in [2.45, 2.75) is 155 Å². The molecular weight excluding hydrogens is 1040 g/mol. The normalized spacial score (nSPS) is 11.6. The summed E-state index contributed by atoms with van der Waals surface area (Å²) in [7, 11) is 0. The molecule has 1 unspecified atom stereocenters. The predicted molar refractivity (Wildman–Crippen MR) is 294 cm³/mol. The van der Waals surface area contributed by atoms with Crippen molar-refractivity contribution in [3.8, 4) is 11.5 Å². The molecule has 2 aromatic rings. The number of Topliss-reactive ketones (excluding diaryl/α,β-unsaturated/α-hetero) is 5. The fourth-order valence-corrected chi connectivity index (χ4v) is 7.78. The molecular formula is C59H87NO20. The molecule has 2 atom stereocenters. The van der Waals surface area contributed by atoms with Crippen LogP contribution in [0, 0.1) is 11.8 Å². The van der Waals surface area contributed by atoms with Gasteiger partial charge in [0.2, 0.25) is 5.91 Å². The Bertz CT molecular complexity index is 2160. The molecule has 0 aliphatic rings. The smallest absolute Gasteiger partial charge is 0.335 e. The van der Waals surface area contributed by atoms with Crippen molar-refractivity contribution in [1.29, 1.82) is 0 Å². The molecule has 0 aromatic heterocycles. The molecule has 0 spiro atoms. The first-order valence-electron chi connectivity index (χ1n) is 27.9. The zero-order valence-electron chi connectivity index (χ0n) is 46.9. The standard InChI is InChI=1S/C36H55NO13.C23H32O7/c1-28(38)26-48-22-20-46-17-9-12-32(40)27-49-23-21-47-19-16-37-34(41)15-14-30(36(44)45)24-31(39)11-6-4-2-3-5-7-18-50-33-13-8-10-29(25-33)35(42)43;1-17(24)12-13-19(23(28)29)15-20(25)10-6-4-2-3-5-7-14-30-21-11-8-9-18(16-21)22(26)27/h8,10,13,25,30H,2-7,9,11-12,14-24,26-27H2,1H3,(H,37,41)(H,42,43)(H,44,45);8-9,11,16,19H,2-7,10,12-15H2,1H3,(H,26,27)(H,28,29)/t30-;/m1./s1. The van der Waals surface area contributed by atoms with E-state index in [2.05, 4.69) is 5.32 Å². The van der Waals surface area contributed by atoms with E-state index in [0.29, 0.717) is 76.6 Å². The second-order valence-corrected chi connectivity index (χ2v) is 19.5. The number of hydrogen-bond donors (Lipinski definition) is 5. The molecule has 0 bridgehead atoms. The number of aromatic carboxylic acids is 2. The lowest BCUT2D eigenvalue weighted by atomic mass is 9.94. The minimum atomic E-state index is -1.09. The molecule has 5 N–H and O–H groups in total. The average molecular weight is 1130 g/mol. The van der Waals surface area contributed by atoms with E-state index in [4.69, 9.17) is 43.7 Å². The topological polar surface area (TPSA) is 319 Å². The lowest BCUT2D eigenvalue weighted by Gasteiger charge is -2.12. The lowest BCUT2D eigenvalue weighted by Crippen LogP contribution is -2.29. The molecule has 0 saturated heterocycles. The fraction of sp³-hybridized carbons (Fsp3) is 0.627. The van der Waals surface area contributed by atoms with Crippen LogP contribution in [-0.2, 0) is 57.3 Å². The van der Waals surface area contributed by atoms with E-state index in [0.717, 1.165) is 70.6 Å². The monoisotopic (exact) mass is 1130 g/mol. The highest BCUT2D eigenvalue weighted by Crippen LogP contribution is 2.19. The Morgan fingerprint density at radius 1 is 0.425 bits per heavy atom. The number of benzene rings is 2. The first-order chi connectivity index (χ1) is 38.4. The van der Waals surface area contributed by atoms with Crippen LogP contribution >= 0.6 is 0 Å². The molecule has 21 nitrogen and oxygen atoms in total. The number of ether oxygens (including phenoxy) is 6. The maximum Gasteiger partial charge on any atom is 0.335 e. The summed E-state index contributed by atoms with van der Waals surface area (Å²) in [6.07, 6.45) is 12.7. The van der Waals surface area contributed by atoms with Crippen LogP contribution in [0.25, 0.3) is 0 Å². The summed E-state index contributed by atoms with van der Waals surface area (Å²) in [5.74, 6) is -5.32. The third kappa shape index (κ3) is 40.7. The van der Waals surface area contributed by atoms with Gasteiger partial charge in [-0.25, -0.2) is 9.59 Å². The summed E-state index contributed by atoms with van der Waals surface area (Å²) in [4.78, 5) is 115. The number of amides is 1. The third-order valence-electron chi connectivity index (χ3n) is 12.2. The third-order valence-corrected chi connectivity index (χ3v) is 12.2. The Morgan fingerprint density at radius 3 is 1.31 bits per heavy atom. The fourth-order valence-electron chi connectivity index (χ4n) is 7.78.